The molecule has 0 fully saturated rings. The van der Waals surface area contributed by atoms with E-state index in [-0.39, 0.29) is 0 Å². The van der Waals surface area contributed by atoms with Gasteiger partial charge in [-0.1, -0.05) is 194 Å². The molecule has 2 heterocycles. The van der Waals surface area contributed by atoms with Crippen molar-refractivity contribution in [1.82, 2.24) is 0 Å². The summed E-state index contributed by atoms with van der Waals surface area (Å²) in [5, 5.41) is 8.65. The average molecular weight is 997 g/mol. The predicted molar refractivity (Wildman–Crippen MR) is 327 cm³/mol. The summed E-state index contributed by atoms with van der Waals surface area (Å²) in [7, 11) is 0. The number of benzene rings is 13. The van der Waals surface area contributed by atoms with Crippen LogP contribution in [0, 0.1) is 0 Å². The quantitative estimate of drug-likeness (QED) is 0.137. The molecule has 0 aliphatic heterocycles. The molecule has 0 saturated carbocycles. The zero-order valence-electron chi connectivity index (χ0n) is 42.4. The SMILES string of the molecule is c1ccc(-c2ccc(-c3ccccc3)c(N(c3ccccc3)c3ccc4cc5c(cc4c3)oc3ccc4oc6cc7cc(N(c8ccccc8)c8cc(-c9ccccc9)ccc8-c8ccccc8)ccc7cc6c4c35)c2)cc1. The second-order valence-corrected chi connectivity index (χ2v) is 20.0. The molecule has 0 aliphatic rings. The van der Waals surface area contributed by atoms with Gasteiger partial charge < -0.3 is 18.6 Å². The van der Waals surface area contributed by atoms with Crippen LogP contribution in [0.5, 0.6) is 0 Å². The molecule has 4 nitrogen and oxygen atoms in total. The third-order valence-electron chi connectivity index (χ3n) is 15.4. The predicted octanol–water partition coefficient (Wildman–Crippen LogP) is 21.4. The van der Waals surface area contributed by atoms with Gasteiger partial charge in [0, 0.05) is 55.4 Å². The molecule has 0 radical (unpaired) electrons. The van der Waals surface area contributed by atoms with E-state index in [9.17, 15) is 0 Å². The molecule has 13 aromatic carbocycles. The molecule has 15 aromatic rings. The summed E-state index contributed by atoms with van der Waals surface area (Å²) in [6.45, 7) is 0. The van der Waals surface area contributed by atoms with Gasteiger partial charge in [0.1, 0.15) is 22.3 Å². The Morgan fingerprint density at radius 3 is 0.962 bits per heavy atom. The van der Waals surface area contributed by atoms with E-state index in [0.29, 0.717) is 0 Å². The van der Waals surface area contributed by atoms with E-state index in [0.717, 1.165) is 133 Å². The van der Waals surface area contributed by atoms with E-state index in [2.05, 4.69) is 301 Å². The van der Waals surface area contributed by atoms with Crippen LogP contribution in [-0.2, 0) is 0 Å². The van der Waals surface area contributed by atoms with Crippen molar-refractivity contribution < 1.29 is 8.83 Å². The standard InChI is InChI=1S/C74H48N2O2/c1-7-19-49(20-8-1)55-33-37-63(51-23-11-3-12-24-51)67(45-55)75(59-27-15-5-16-28-59)61-35-31-53-43-65-71(47-57(53)41-61)77-69-39-40-70-74(73(65)69)66-44-54-32-36-62(42-58(54)48-72(66)78-70)76(60-29-17-6-18-30-60)68-46-56(50-21-9-2-10-22-50)34-38-64(68)52-25-13-4-14-26-52/h1-48H. The third kappa shape index (κ3) is 7.86. The van der Waals surface area contributed by atoms with Crippen LogP contribution in [0.2, 0.25) is 0 Å². The van der Waals surface area contributed by atoms with Crippen molar-refractivity contribution in [2.45, 2.75) is 0 Å². The molecule has 0 atom stereocenters. The number of para-hydroxylation sites is 2. The lowest BCUT2D eigenvalue weighted by molar-refractivity contribution is 0.663. The molecule has 0 N–H and O–H groups in total. The molecule has 0 saturated heterocycles. The van der Waals surface area contributed by atoms with E-state index in [1.807, 2.05) is 0 Å². The van der Waals surface area contributed by atoms with Gasteiger partial charge in [-0.2, -0.15) is 0 Å². The van der Waals surface area contributed by atoms with Crippen LogP contribution in [0.4, 0.5) is 34.1 Å². The topological polar surface area (TPSA) is 32.8 Å². The molecule has 0 amide bonds. The van der Waals surface area contributed by atoms with Crippen molar-refractivity contribution in [3.63, 3.8) is 0 Å². The van der Waals surface area contributed by atoms with E-state index in [4.69, 9.17) is 8.83 Å². The number of hydrogen-bond acceptors (Lipinski definition) is 4. The summed E-state index contributed by atoms with van der Waals surface area (Å²) in [6.07, 6.45) is 0. The molecule has 366 valence electrons. The van der Waals surface area contributed by atoms with E-state index < -0.39 is 0 Å². The van der Waals surface area contributed by atoms with Crippen molar-refractivity contribution in [3.05, 3.63) is 291 Å². The highest BCUT2D eigenvalue weighted by Gasteiger charge is 2.23. The van der Waals surface area contributed by atoms with Gasteiger partial charge in [0.2, 0.25) is 0 Å². The largest absolute Gasteiger partial charge is 0.456 e. The summed E-state index contributed by atoms with van der Waals surface area (Å²) in [6, 6.07) is 104. The second-order valence-electron chi connectivity index (χ2n) is 20.0. The fourth-order valence-electron chi connectivity index (χ4n) is 11.7. The Kier molecular flexibility index (Phi) is 10.8. The van der Waals surface area contributed by atoms with Gasteiger partial charge in [0.05, 0.1) is 11.4 Å². The average Bonchev–Trinajstić information content (AvgIpc) is 4.28. The monoisotopic (exact) mass is 996 g/mol. The minimum Gasteiger partial charge on any atom is -0.456 e. The number of hydrogen-bond donors (Lipinski definition) is 0. The number of rotatable bonds is 10. The molecular formula is C74H48N2O2. The Morgan fingerprint density at radius 1 is 0.218 bits per heavy atom. The normalized spacial score (nSPS) is 11.6. The van der Waals surface area contributed by atoms with Crippen molar-refractivity contribution in [2.24, 2.45) is 0 Å². The third-order valence-corrected chi connectivity index (χ3v) is 15.4. The Bertz CT molecular complexity index is 4400. The molecule has 0 unspecified atom stereocenters. The van der Waals surface area contributed by atoms with Crippen LogP contribution in [-0.4, -0.2) is 0 Å². The number of anilines is 6. The van der Waals surface area contributed by atoms with Crippen molar-refractivity contribution in [2.75, 3.05) is 9.80 Å². The summed E-state index contributed by atoms with van der Waals surface area (Å²) >= 11 is 0. The fraction of sp³-hybridized carbons (Fsp3) is 0. The molecule has 15 rings (SSSR count). The first-order valence-corrected chi connectivity index (χ1v) is 26.5. The second kappa shape index (κ2) is 18.7. The summed E-state index contributed by atoms with van der Waals surface area (Å²) in [5.41, 5.74) is 19.0. The van der Waals surface area contributed by atoms with Gasteiger partial charge in [0.15, 0.2) is 0 Å². The van der Waals surface area contributed by atoms with Crippen LogP contribution in [0.25, 0.3) is 110 Å². The highest BCUT2D eigenvalue weighted by atomic mass is 16.3. The van der Waals surface area contributed by atoms with Gasteiger partial charge in [-0.3, -0.25) is 0 Å². The maximum atomic E-state index is 6.83. The first-order valence-electron chi connectivity index (χ1n) is 26.5. The van der Waals surface area contributed by atoms with Crippen LogP contribution in [0.3, 0.4) is 0 Å². The maximum absolute atomic E-state index is 6.83. The lowest BCUT2D eigenvalue weighted by Gasteiger charge is -2.29. The smallest absolute Gasteiger partial charge is 0.136 e. The molecule has 2 aromatic heterocycles. The Morgan fingerprint density at radius 2 is 0.577 bits per heavy atom. The van der Waals surface area contributed by atoms with Gasteiger partial charge in [-0.15, -0.1) is 0 Å². The van der Waals surface area contributed by atoms with E-state index >= 15 is 0 Å². The minimum absolute atomic E-state index is 0.827. The molecular weight excluding hydrogens is 949 g/mol. The van der Waals surface area contributed by atoms with Crippen LogP contribution < -0.4 is 9.80 Å². The van der Waals surface area contributed by atoms with Crippen molar-refractivity contribution in [3.8, 4) is 44.5 Å². The van der Waals surface area contributed by atoms with Crippen molar-refractivity contribution >= 4 is 99.5 Å². The first-order chi connectivity index (χ1) is 38.6. The van der Waals surface area contributed by atoms with E-state index in [1.165, 1.54) is 11.1 Å². The lowest BCUT2D eigenvalue weighted by Crippen LogP contribution is -2.11. The minimum atomic E-state index is 0.827. The Labute approximate surface area is 451 Å². The highest BCUT2D eigenvalue weighted by Crippen LogP contribution is 2.48. The number of fused-ring (bicyclic) bond motifs is 9. The van der Waals surface area contributed by atoms with Crippen LogP contribution in [0.1, 0.15) is 0 Å². The van der Waals surface area contributed by atoms with Crippen molar-refractivity contribution in [1.29, 1.82) is 0 Å². The lowest BCUT2D eigenvalue weighted by atomic mass is 9.96. The zero-order chi connectivity index (χ0) is 51.5. The summed E-state index contributed by atoms with van der Waals surface area (Å²) < 4.78 is 13.7. The van der Waals surface area contributed by atoms with Crippen LogP contribution in [0.15, 0.2) is 300 Å². The molecule has 0 spiro atoms. The molecule has 4 heteroatoms. The van der Waals surface area contributed by atoms with Gasteiger partial charge in [-0.25, -0.2) is 0 Å². The van der Waals surface area contributed by atoms with Crippen LogP contribution >= 0.6 is 0 Å². The molecule has 78 heavy (non-hydrogen) atoms. The maximum Gasteiger partial charge on any atom is 0.136 e. The van der Waals surface area contributed by atoms with Gasteiger partial charge in [-0.05, 0) is 152 Å². The summed E-state index contributed by atoms with van der Waals surface area (Å²) in [4.78, 5) is 4.77. The number of furan rings is 2. The molecule has 0 aliphatic carbocycles. The Hall–Kier alpha value is -10.4. The fourth-order valence-corrected chi connectivity index (χ4v) is 11.7. The highest BCUT2D eigenvalue weighted by molar-refractivity contribution is 6.28. The van der Waals surface area contributed by atoms with Gasteiger partial charge >= 0.3 is 0 Å². The number of nitrogens with zero attached hydrogens (tertiary/aromatic N) is 2. The van der Waals surface area contributed by atoms with Gasteiger partial charge in [0.25, 0.3) is 0 Å². The summed E-state index contributed by atoms with van der Waals surface area (Å²) in [5.74, 6) is 0. The zero-order valence-corrected chi connectivity index (χ0v) is 42.4. The Balaban J connectivity index is 0.859. The van der Waals surface area contributed by atoms with E-state index in [1.54, 1.807) is 0 Å². The first kappa shape index (κ1) is 45.0. The molecule has 0 bridgehead atoms.